The van der Waals surface area contributed by atoms with Crippen molar-refractivity contribution >= 4 is 74.7 Å². The van der Waals surface area contributed by atoms with Gasteiger partial charge in [0.2, 0.25) is 23.5 Å². The van der Waals surface area contributed by atoms with Gasteiger partial charge in [0.15, 0.2) is 11.4 Å². The molecule has 3 fully saturated rings. The van der Waals surface area contributed by atoms with Gasteiger partial charge in [-0.3, -0.25) is 33.6 Å². The molecule has 1 saturated carbocycles. The minimum atomic E-state index is -2.46. The maximum absolute atomic E-state index is 14.7. The molecular formula is C93H140N14O24. The van der Waals surface area contributed by atoms with Crippen LogP contribution >= 0.6 is 0 Å². The molecule has 2 saturated heterocycles. The number of methoxy groups -OCH3 is 2. The first-order valence-corrected chi connectivity index (χ1v) is 46.3. The van der Waals surface area contributed by atoms with Gasteiger partial charge in [-0.05, 0) is 151 Å². The molecule has 131 heavy (non-hydrogen) atoms. The number of phenols is 1. The number of fused-ring (bicyclic) bond motifs is 5. The molecule has 0 unspecified atom stereocenters. The zero-order chi connectivity index (χ0) is 94.0. The summed E-state index contributed by atoms with van der Waals surface area (Å²) >= 11 is 0. The second-order valence-corrected chi connectivity index (χ2v) is 34.3. The van der Waals surface area contributed by atoms with Gasteiger partial charge < -0.3 is 115 Å². The number of aromatic nitrogens is 8. The summed E-state index contributed by atoms with van der Waals surface area (Å²) in [5.74, 6) is -8.19. The number of H-pyrrole nitrogens is 1. The average Bonchev–Trinajstić information content (AvgIpc) is 1.59. The molecule has 7 heterocycles. The van der Waals surface area contributed by atoms with Crippen LogP contribution < -0.4 is 27.4 Å². The van der Waals surface area contributed by atoms with Gasteiger partial charge in [0.05, 0.1) is 147 Å². The summed E-state index contributed by atoms with van der Waals surface area (Å²) in [6, 6.07) is 4.61. The second kappa shape index (κ2) is 56.1. The molecule has 4 aromatic heterocycles. The molecule has 3 aliphatic heterocycles. The van der Waals surface area contributed by atoms with E-state index in [-0.39, 0.29) is 124 Å². The number of ether oxygens (including phenoxy) is 12. The van der Waals surface area contributed by atoms with Gasteiger partial charge in [-0.1, -0.05) is 62.4 Å². The van der Waals surface area contributed by atoms with E-state index in [0.717, 1.165) is 39.9 Å². The Hall–Kier alpha value is -9.23. The van der Waals surface area contributed by atoms with Crippen LogP contribution in [0.2, 0.25) is 0 Å². The van der Waals surface area contributed by atoms with Crippen molar-refractivity contribution in [2.45, 2.75) is 230 Å². The largest absolute Gasteiger partial charge is 0.508 e. The molecule has 0 radical (unpaired) electrons. The summed E-state index contributed by atoms with van der Waals surface area (Å²) in [5, 5.41) is 68.1. The number of nitrogens with two attached hydrogens (primary N) is 2. The number of piperidine rings is 1. The number of rotatable bonds is 46. The van der Waals surface area contributed by atoms with E-state index < -0.39 is 89.5 Å². The Morgan fingerprint density at radius 2 is 1.34 bits per heavy atom. The van der Waals surface area contributed by atoms with E-state index >= 15 is 0 Å². The van der Waals surface area contributed by atoms with Gasteiger partial charge in [0.25, 0.3) is 11.7 Å². The first kappa shape index (κ1) is 105. The standard InChI is InChI=1S/C93H140N14O24/c1-61-17-9-8-10-18-62(2)77(120-6)57-70-20-16-29-93(119,131-70)88(116)91(117)105-33-13-11-21-75(105)92(118)130-78(58-76(109)63(3)52-65(5)86(114)87(115)85(113)64(4)51-61)71(94)53-66-23-26-74(79(54-66)121-7)107-59-68(102-104-107)19-15-22-80(110)97-31-37-124-41-45-128-49-48-127-44-40-123-36-28-82(112)98-32-38-125-42-46-129-50-47-126-43-39-122-35-27-81(111)96-30-12-14-34-106-90-83(89(95)99-60-100-90)84(103-106)73-56-67-55-69(108)24-25-72(67)101-73/h8-10,17-18,24-25,52,55-56,59-61,63-64,66,70-71,74-75,77-79,86-87,101,108,114-115,119H,11-16,19-23,26-51,53-54,57-58,94H2,1-7H3,(H,96,111)(H,97,110)(H,98,112)(H2,95,99,100)/b10-8+,17-9+,62-18+,65-52+/t61-,63-,64-,66+,70+,71-,74+,75+,77+,78+,79-,86-,87+,93-/m1/s1. The number of Topliss-reactive ketones (excluding diaryl/α,β-unsaturated/α-hetero) is 3. The van der Waals surface area contributed by atoms with Gasteiger partial charge in [0.1, 0.15) is 53.7 Å². The normalized spacial score (nSPS) is 25.4. The maximum atomic E-state index is 14.7. The number of aliphatic hydroxyl groups is 3. The highest BCUT2D eigenvalue weighted by Gasteiger charge is 2.50. The van der Waals surface area contributed by atoms with E-state index in [1.807, 2.05) is 56.5 Å². The van der Waals surface area contributed by atoms with Crippen molar-refractivity contribution in [3.05, 3.63) is 90.1 Å². The number of carbonyl (C=O) groups is 8. The Balaban J connectivity index is 0.569. The second-order valence-electron chi connectivity index (χ2n) is 34.3. The molecule has 1 aromatic carbocycles. The van der Waals surface area contributed by atoms with Crippen LogP contribution in [0.15, 0.2) is 84.4 Å². The number of hydrogen-bond donors (Lipinski definition) is 10. The third-order valence-electron chi connectivity index (χ3n) is 24.1. The summed E-state index contributed by atoms with van der Waals surface area (Å²) in [6.07, 6.45) is 15.3. The third-order valence-corrected chi connectivity index (χ3v) is 24.1. The zero-order valence-corrected chi connectivity index (χ0v) is 77.1. The number of phenolic OH excluding ortho intramolecular Hbond substituents is 1. The van der Waals surface area contributed by atoms with Crippen LogP contribution in [0.5, 0.6) is 5.75 Å². The Labute approximate surface area is 766 Å². The number of esters is 1. The predicted octanol–water partition coefficient (Wildman–Crippen LogP) is 6.08. The lowest BCUT2D eigenvalue weighted by molar-refractivity contribution is -0.245. The number of benzene rings is 1. The molecule has 38 nitrogen and oxygen atoms in total. The van der Waals surface area contributed by atoms with Crippen molar-refractivity contribution in [3.63, 3.8) is 0 Å². The van der Waals surface area contributed by atoms with E-state index in [9.17, 15) is 58.8 Å². The smallest absolute Gasteiger partial charge is 0.329 e. The number of nitrogens with one attached hydrogen (secondary N) is 4. The molecule has 14 atom stereocenters. The number of allylic oxidation sites excluding steroid dienone is 6. The van der Waals surface area contributed by atoms with Gasteiger partial charge in [-0.15, -0.1) is 5.10 Å². The zero-order valence-electron chi connectivity index (χ0n) is 77.1. The van der Waals surface area contributed by atoms with E-state index in [1.54, 1.807) is 55.6 Å². The molecule has 9 rings (SSSR count). The molecule has 2 bridgehead atoms. The Morgan fingerprint density at radius 1 is 0.695 bits per heavy atom. The Morgan fingerprint density at radius 3 is 1.99 bits per heavy atom. The number of amides is 4. The van der Waals surface area contributed by atoms with E-state index in [0.29, 0.717) is 211 Å². The SMILES string of the molecule is CO[C@H]1C[C@@H]2CCC[C@@](O)(O2)C(=O)C(=O)N2CCCC[C@H]2C(=O)O[C@H]([C@H](N)C[C@@H]2CC[C@H](n3cc(CCCC(=O)NCCOCCOCCOCCOCCC(=O)NCCOCCOCCOCCOCCC(=O)NCCCCn4nc(-c5cc6cc(O)ccc6[nH]5)c5c(N)ncnc54)nn3)[C@H](OC)C2)CC(=O)[C@H](C)/C=C(\C)[C@@H](O)[C@@H](O)C(=O)[C@H](C)C[C@H](C)/C=C/C=C/C=C/1C. The topological polar surface area (TPSA) is 510 Å². The summed E-state index contributed by atoms with van der Waals surface area (Å²) < 4.78 is 72.4. The molecule has 4 amide bonds. The molecule has 4 aliphatic rings. The van der Waals surface area contributed by atoms with Crippen LogP contribution in [0.1, 0.15) is 168 Å². The number of nitrogen functional groups attached to an aromatic ring is 1. The minimum Gasteiger partial charge on any atom is -0.508 e. The summed E-state index contributed by atoms with van der Waals surface area (Å²) in [6.45, 7) is 15.8. The minimum absolute atomic E-state index is 0.0137. The molecular weight excluding hydrogens is 1700 g/mol. The number of cyclic esters (lactones) is 1. The number of aliphatic hydroxyl groups excluding tert-OH is 2. The number of unbranched alkanes of at least 4 members (excludes halogenated alkanes) is 1. The first-order valence-electron chi connectivity index (χ1n) is 46.3. The number of anilines is 1. The quantitative estimate of drug-likeness (QED) is 0.00912. The molecule has 5 aromatic rings. The van der Waals surface area contributed by atoms with Crippen molar-refractivity contribution in [2.24, 2.45) is 29.4 Å². The fourth-order valence-electron chi connectivity index (χ4n) is 16.7. The highest BCUT2D eigenvalue weighted by molar-refractivity contribution is 6.39. The maximum Gasteiger partial charge on any atom is 0.329 e. The van der Waals surface area contributed by atoms with Crippen molar-refractivity contribution < 1.29 is 116 Å². The summed E-state index contributed by atoms with van der Waals surface area (Å²) in [4.78, 5) is 122. The number of ketones is 3. The van der Waals surface area contributed by atoms with Crippen LogP contribution in [0.25, 0.3) is 33.3 Å². The molecule has 1 aliphatic carbocycles. The first-order chi connectivity index (χ1) is 63.2. The molecule has 38 heteroatoms. The summed E-state index contributed by atoms with van der Waals surface area (Å²) in [5.41, 5.74) is 17.9. The lowest BCUT2D eigenvalue weighted by Crippen LogP contribution is -2.58. The van der Waals surface area contributed by atoms with E-state index in [2.05, 4.69) is 41.2 Å². The average molecular weight is 1840 g/mol. The van der Waals surface area contributed by atoms with Crippen LogP contribution in [0.4, 0.5) is 5.82 Å². The van der Waals surface area contributed by atoms with Gasteiger partial charge in [-0.25, -0.2) is 24.1 Å². The van der Waals surface area contributed by atoms with Crippen LogP contribution in [0.3, 0.4) is 0 Å². The monoisotopic (exact) mass is 1840 g/mol. The number of aryl methyl sites for hydroxylation is 2. The van der Waals surface area contributed by atoms with Gasteiger partial charge in [-0.2, -0.15) is 5.10 Å². The van der Waals surface area contributed by atoms with Crippen molar-refractivity contribution in [1.29, 1.82) is 0 Å². The van der Waals surface area contributed by atoms with Crippen molar-refractivity contribution in [2.75, 3.05) is 152 Å². The third kappa shape index (κ3) is 34.3. The van der Waals surface area contributed by atoms with Crippen LogP contribution in [-0.4, -0.2) is 313 Å². The Kier molecular flexibility index (Phi) is 45.1. The Bertz CT molecular complexity index is 4530. The van der Waals surface area contributed by atoms with Crippen molar-refractivity contribution in [1.82, 2.24) is 60.6 Å². The van der Waals surface area contributed by atoms with Crippen molar-refractivity contribution in [3.8, 4) is 17.1 Å². The highest BCUT2D eigenvalue weighted by atomic mass is 16.6. The van der Waals surface area contributed by atoms with Crippen LogP contribution in [-0.2, 0) is 108 Å². The lowest BCUT2D eigenvalue weighted by Gasteiger charge is -2.40. The fourth-order valence-corrected chi connectivity index (χ4v) is 16.7. The number of aromatic amines is 1. The predicted molar refractivity (Wildman–Crippen MR) is 483 cm³/mol. The summed E-state index contributed by atoms with van der Waals surface area (Å²) in [7, 11) is 3.16. The highest BCUT2D eigenvalue weighted by Crippen LogP contribution is 2.39. The van der Waals surface area contributed by atoms with Crippen LogP contribution in [0, 0.1) is 23.7 Å². The number of hydrogen-bond acceptors (Lipinski definition) is 31. The number of nitrogens with zero attached hydrogens (tertiary/aromatic N) is 8. The number of aromatic hydroxyl groups is 1. The van der Waals surface area contributed by atoms with E-state index in [1.165, 1.54) is 19.3 Å². The molecule has 726 valence electrons. The fraction of sp³-hybridized carbons (Fsp3) is 0.667. The lowest BCUT2D eigenvalue weighted by atomic mass is 9.79. The molecule has 12 N–H and O–H groups in total. The van der Waals surface area contributed by atoms with Gasteiger partial charge >= 0.3 is 5.97 Å². The van der Waals surface area contributed by atoms with Gasteiger partial charge in [0, 0.05) is 120 Å². The molecule has 0 spiro atoms. The van der Waals surface area contributed by atoms with E-state index in [4.69, 9.17) is 73.4 Å². The number of carbonyl (C=O) groups excluding carboxylic acids is 8.